The van der Waals surface area contributed by atoms with Gasteiger partial charge in [-0.2, -0.15) is 0 Å². The van der Waals surface area contributed by atoms with Crippen LogP contribution in [0.4, 0.5) is 17.1 Å². The molecule has 1 heteroatoms. The second-order valence-corrected chi connectivity index (χ2v) is 13.7. The van der Waals surface area contributed by atoms with Crippen LogP contribution in [-0.4, -0.2) is 0 Å². The van der Waals surface area contributed by atoms with Crippen molar-refractivity contribution in [3.05, 3.63) is 212 Å². The average molecular weight is 674 g/mol. The van der Waals surface area contributed by atoms with Crippen LogP contribution in [0.1, 0.15) is 0 Å². The van der Waals surface area contributed by atoms with Crippen molar-refractivity contribution in [3.63, 3.8) is 0 Å². The molecule has 0 unspecified atom stereocenters. The zero-order valence-corrected chi connectivity index (χ0v) is 29.2. The third-order valence-corrected chi connectivity index (χ3v) is 10.6. The van der Waals surface area contributed by atoms with Crippen molar-refractivity contribution in [1.29, 1.82) is 0 Å². The van der Waals surface area contributed by atoms with E-state index in [9.17, 15) is 0 Å². The third kappa shape index (κ3) is 5.42. The quantitative estimate of drug-likeness (QED) is 0.159. The third-order valence-electron chi connectivity index (χ3n) is 10.6. The Balaban J connectivity index is 1.18. The number of para-hydroxylation sites is 1. The Labute approximate surface area is 309 Å². The molecule has 10 aromatic rings. The molecule has 0 atom stereocenters. The van der Waals surface area contributed by atoms with E-state index in [1.807, 2.05) is 0 Å². The van der Waals surface area contributed by atoms with Gasteiger partial charge < -0.3 is 4.90 Å². The molecule has 0 aliphatic heterocycles. The number of anilines is 3. The molecule has 0 saturated heterocycles. The van der Waals surface area contributed by atoms with Gasteiger partial charge in [-0.05, 0) is 107 Å². The summed E-state index contributed by atoms with van der Waals surface area (Å²) in [5, 5.41) is 10.1. The van der Waals surface area contributed by atoms with Crippen LogP contribution < -0.4 is 4.90 Å². The van der Waals surface area contributed by atoms with Crippen LogP contribution in [0.15, 0.2) is 212 Å². The summed E-state index contributed by atoms with van der Waals surface area (Å²) in [5.74, 6) is 0. The lowest BCUT2D eigenvalue weighted by molar-refractivity contribution is 1.29. The molecule has 0 heterocycles. The summed E-state index contributed by atoms with van der Waals surface area (Å²) in [4.78, 5) is 2.43. The highest BCUT2D eigenvalue weighted by Gasteiger charge is 2.19. The first-order valence-electron chi connectivity index (χ1n) is 18.3. The van der Waals surface area contributed by atoms with Crippen molar-refractivity contribution in [3.8, 4) is 33.4 Å². The molecule has 1 nitrogen and oxygen atoms in total. The predicted molar refractivity (Wildman–Crippen MR) is 227 cm³/mol. The van der Waals surface area contributed by atoms with Crippen LogP contribution in [0.5, 0.6) is 0 Å². The molecule has 0 aliphatic carbocycles. The zero-order chi connectivity index (χ0) is 35.1. The van der Waals surface area contributed by atoms with E-state index in [0.717, 1.165) is 17.1 Å². The van der Waals surface area contributed by atoms with E-state index >= 15 is 0 Å². The Hall–Kier alpha value is -6.96. The number of fused-ring (bicyclic) bond motifs is 7. The van der Waals surface area contributed by atoms with Gasteiger partial charge >= 0.3 is 0 Å². The number of nitrogens with zero attached hydrogens (tertiary/aromatic N) is 1. The summed E-state index contributed by atoms with van der Waals surface area (Å²) in [5.41, 5.74) is 10.5. The van der Waals surface area contributed by atoms with E-state index in [0.29, 0.717) is 0 Å². The van der Waals surface area contributed by atoms with Crippen molar-refractivity contribution in [1.82, 2.24) is 0 Å². The van der Waals surface area contributed by atoms with Gasteiger partial charge in [0.2, 0.25) is 0 Å². The zero-order valence-electron chi connectivity index (χ0n) is 29.2. The van der Waals surface area contributed by atoms with E-state index in [1.54, 1.807) is 0 Å². The van der Waals surface area contributed by atoms with Gasteiger partial charge in [0.15, 0.2) is 0 Å². The minimum absolute atomic E-state index is 1.10. The van der Waals surface area contributed by atoms with Gasteiger partial charge in [-0.25, -0.2) is 0 Å². The Bertz CT molecular complexity index is 2900. The number of benzene rings is 10. The Morgan fingerprint density at radius 3 is 1.45 bits per heavy atom. The average Bonchev–Trinajstić information content (AvgIpc) is 3.24. The minimum Gasteiger partial charge on any atom is -0.310 e. The van der Waals surface area contributed by atoms with Crippen LogP contribution in [0.25, 0.3) is 76.5 Å². The smallest absolute Gasteiger partial charge is 0.0540 e. The molecule has 0 bridgehead atoms. The summed E-state index contributed by atoms with van der Waals surface area (Å²) < 4.78 is 0. The second-order valence-electron chi connectivity index (χ2n) is 13.7. The molecule has 0 aliphatic rings. The molecule has 0 saturated carbocycles. The van der Waals surface area contributed by atoms with Gasteiger partial charge in [-0.3, -0.25) is 0 Å². The fraction of sp³-hybridized carbons (Fsp3) is 0. The Morgan fingerprint density at radius 2 is 0.717 bits per heavy atom. The monoisotopic (exact) mass is 673 g/mol. The molecule has 248 valence electrons. The molecule has 0 radical (unpaired) electrons. The number of hydrogen-bond acceptors (Lipinski definition) is 1. The Kier molecular flexibility index (Phi) is 7.55. The van der Waals surface area contributed by atoms with Crippen molar-refractivity contribution in [2.75, 3.05) is 4.90 Å². The highest BCUT2D eigenvalue weighted by atomic mass is 15.1. The molecule has 53 heavy (non-hydrogen) atoms. The molecule has 0 aromatic heterocycles. The summed E-state index contributed by atoms with van der Waals surface area (Å²) in [6, 6.07) is 77.2. The lowest BCUT2D eigenvalue weighted by Crippen LogP contribution is -2.11. The van der Waals surface area contributed by atoms with E-state index in [-0.39, 0.29) is 0 Å². The van der Waals surface area contributed by atoms with E-state index in [1.165, 1.54) is 76.5 Å². The fourth-order valence-corrected chi connectivity index (χ4v) is 8.14. The lowest BCUT2D eigenvalue weighted by Gasteiger charge is -2.29. The van der Waals surface area contributed by atoms with Crippen molar-refractivity contribution in [2.45, 2.75) is 0 Å². The highest BCUT2D eigenvalue weighted by Crippen LogP contribution is 2.45. The molecule has 10 aromatic carbocycles. The van der Waals surface area contributed by atoms with Gasteiger partial charge in [-0.15, -0.1) is 0 Å². The molecule has 10 rings (SSSR count). The largest absolute Gasteiger partial charge is 0.310 e. The first-order chi connectivity index (χ1) is 26.3. The molecular weight excluding hydrogens is 639 g/mol. The van der Waals surface area contributed by atoms with Crippen LogP contribution in [-0.2, 0) is 0 Å². The first kappa shape index (κ1) is 30.8. The maximum Gasteiger partial charge on any atom is 0.0540 e. The number of hydrogen-bond donors (Lipinski definition) is 0. The van der Waals surface area contributed by atoms with Gasteiger partial charge in [-0.1, -0.05) is 176 Å². The second kappa shape index (κ2) is 13.0. The van der Waals surface area contributed by atoms with Crippen molar-refractivity contribution >= 4 is 60.2 Å². The standard InChI is InChI=1S/C52H35N/c1-2-14-36(15-3-1)37-28-30-41(31-29-37)53(42-32-33-50-48-24-7-6-22-46(48)47-23-8-9-25-49(47)51(50)35-42)52-27-11-10-21-45(52)40-19-12-18-39(34-40)44-26-13-17-38-16-4-5-20-43(38)44/h1-35H. The molecule has 0 spiro atoms. The van der Waals surface area contributed by atoms with Crippen LogP contribution >= 0.6 is 0 Å². The molecular formula is C52H35N. The summed E-state index contributed by atoms with van der Waals surface area (Å²) in [7, 11) is 0. The normalized spacial score (nSPS) is 11.4. The minimum atomic E-state index is 1.10. The van der Waals surface area contributed by atoms with Crippen molar-refractivity contribution in [2.24, 2.45) is 0 Å². The Morgan fingerprint density at radius 1 is 0.245 bits per heavy atom. The van der Waals surface area contributed by atoms with Crippen LogP contribution in [0.3, 0.4) is 0 Å². The SMILES string of the molecule is c1ccc(-c2ccc(N(c3ccc4c5ccccc5c5ccccc5c4c3)c3ccccc3-c3cccc(-c4cccc5ccccc45)c3)cc2)cc1. The van der Waals surface area contributed by atoms with Gasteiger partial charge in [0.1, 0.15) is 0 Å². The van der Waals surface area contributed by atoms with Crippen molar-refractivity contribution < 1.29 is 0 Å². The topological polar surface area (TPSA) is 3.24 Å². The molecule has 0 amide bonds. The van der Waals surface area contributed by atoms with Crippen LogP contribution in [0, 0.1) is 0 Å². The first-order valence-corrected chi connectivity index (χ1v) is 18.3. The van der Waals surface area contributed by atoms with E-state index in [2.05, 4.69) is 217 Å². The van der Waals surface area contributed by atoms with E-state index in [4.69, 9.17) is 0 Å². The molecule has 0 fully saturated rings. The van der Waals surface area contributed by atoms with Gasteiger partial charge in [0.25, 0.3) is 0 Å². The molecule has 0 N–H and O–H groups in total. The van der Waals surface area contributed by atoms with Gasteiger partial charge in [0, 0.05) is 16.9 Å². The lowest BCUT2D eigenvalue weighted by atomic mass is 9.93. The highest BCUT2D eigenvalue weighted by molar-refractivity contribution is 6.25. The van der Waals surface area contributed by atoms with E-state index < -0.39 is 0 Å². The summed E-state index contributed by atoms with van der Waals surface area (Å²) >= 11 is 0. The summed E-state index contributed by atoms with van der Waals surface area (Å²) in [6.07, 6.45) is 0. The summed E-state index contributed by atoms with van der Waals surface area (Å²) in [6.45, 7) is 0. The predicted octanol–water partition coefficient (Wildman–Crippen LogP) is 14.8. The number of rotatable bonds is 6. The van der Waals surface area contributed by atoms with Gasteiger partial charge in [0.05, 0.1) is 5.69 Å². The van der Waals surface area contributed by atoms with Crippen LogP contribution in [0.2, 0.25) is 0 Å². The fourth-order valence-electron chi connectivity index (χ4n) is 8.14. The maximum absolute atomic E-state index is 2.43. The maximum atomic E-state index is 2.43.